The molecule has 0 N–H and O–H groups in total. The Balaban J connectivity index is 1.04. The van der Waals surface area contributed by atoms with Crippen molar-refractivity contribution >= 4 is 45.1 Å². The van der Waals surface area contributed by atoms with Gasteiger partial charge in [-0.3, -0.25) is 9.91 Å². The van der Waals surface area contributed by atoms with Crippen LogP contribution in [0.4, 0.5) is 5.82 Å². The predicted molar refractivity (Wildman–Crippen MR) is 140 cm³/mol. The van der Waals surface area contributed by atoms with E-state index < -0.39 is 0 Å². The maximum atomic E-state index is 5.41. The lowest BCUT2D eigenvalue weighted by atomic mass is 9.83. The number of rotatable bonds is 7. The largest absolute Gasteiger partial charge is 0.353 e. The van der Waals surface area contributed by atoms with E-state index in [1.165, 1.54) is 86.9 Å². The van der Waals surface area contributed by atoms with E-state index in [-0.39, 0.29) is 0 Å². The van der Waals surface area contributed by atoms with Crippen LogP contribution in [0.2, 0.25) is 0 Å². The van der Waals surface area contributed by atoms with Gasteiger partial charge in [-0.25, -0.2) is 5.01 Å². The molecule has 5 rings (SSSR count). The van der Waals surface area contributed by atoms with Crippen molar-refractivity contribution in [2.75, 3.05) is 50.7 Å². The van der Waals surface area contributed by atoms with E-state index in [9.17, 15) is 0 Å². The minimum atomic E-state index is 0.637. The summed E-state index contributed by atoms with van der Waals surface area (Å²) in [6, 6.07) is 9.27. The van der Waals surface area contributed by atoms with Crippen molar-refractivity contribution in [1.29, 1.82) is 0 Å². The molecule has 0 atom stereocenters. The molecule has 5 nitrogen and oxygen atoms in total. The van der Waals surface area contributed by atoms with Crippen molar-refractivity contribution in [3.05, 3.63) is 24.3 Å². The first-order chi connectivity index (χ1) is 15.8. The van der Waals surface area contributed by atoms with Gasteiger partial charge in [0.25, 0.3) is 0 Å². The van der Waals surface area contributed by atoms with Gasteiger partial charge in [-0.15, -0.1) is 0 Å². The summed E-state index contributed by atoms with van der Waals surface area (Å²) in [6.07, 6.45) is 10.7. The number of aromatic nitrogens is 1. The summed E-state index contributed by atoms with van der Waals surface area (Å²) in [7, 11) is 0. The lowest BCUT2D eigenvalue weighted by Crippen LogP contribution is -2.51. The first-order valence-corrected chi connectivity index (χ1v) is 13.9. The monoisotopic (exact) mass is 471 g/mol. The van der Waals surface area contributed by atoms with Crippen LogP contribution in [-0.4, -0.2) is 76.6 Å². The van der Waals surface area contributed by atoms with E-state index >= 15 is 0 Å². The maximum Gasteiger partial charge on any atom is 0.150 e. The highest BCUT2D eigenvalue weighted by molar-refractivity contribution is 7.78. The summed E-state index contributed by atoms with van der Waals surface area (Å²) in [6.45, 7) is 8.15. The van der Waals surface area contributed by atoms with Crippen LogP contribution < -0.4 is 4.90 Å². The molecular formula is C25H37N5S2. The van der Waals surface area contributed by atoms with E-state index in [1.54, 1.807) is 11.5 Å². The van der Waals surface area contributed by atoms with Crippen LogP contribution in [0, 0.1) is 5.92 Å². The van der Waals surface area contributed by atoms with Crippen LogP contribution in [-0.2, 0) is 0 Å². The number of hydrogen-bond acceptors (Lipinski definition) is 6. The van der Waals surface area contributed by atoms with Gasteiger partial charge in [-0.05, 0) is 81.1 Å². The van der Waals surface area contributed by atoms with Crippen LogP contribution in [0.5, 0.6) is 0 Å². The van der Waals surface area contributed by atoms with Crippen molar-refractivity contribution in [3.63, 3.8) is 0 Å². The third-order valence-corrected chi connectivity index (χ3v) is 8.87. The molecule has 3 fully saturated rings. The molecule has 0 spiro atoms. The lowest BCUT2D eigenvalue weighted by molar-refractivity contribution is -0.0176. The van der Waals surface area contributed by atoms with Gasteiger partial charge in [0.2, 0.25) is 0 Å². The number of nitrogens with zero attached hydrogens (tertiary/aromatic N) is 5. The molecule has 32 heavy (non-hydrogen) atoms. The van der Waals surface area contributed by atoms with Crippen LogP contribution in [0.3, 0.4) is 0 Å². The molecule has 0 bridgehead atoms. The molecule has 1 aliphatic carbocycles. The Labute approximate surface area is 202 Å². The first kappa shape index (κ1) is 22.5. The molecule has 2 aromatic rings. The minimum absolute atomic E-state index is 0.637. The van der Waals surface area contributed by atoms with E-state index in [0.717, 1.165) is 32.1 Å². The molecule has 0 amide bonds. The summed E-state index contributed by atoms with van der Waals surface area (Å²) in [5.74, 6) is 2.08. The number of thiocarbonyl (C=S) groups is 1. The molecule has 174 valence electrons. The van der Waals surface area contributed by atoms with Gasteiger partial charge in [0.15, 0.2) is 0 Å². The number of piperazine rings is 1. The van der Waals surface area contributed by atoms with E-state index in [2.05, 4.69) is 44.1 Å². The fourth-order valence-electron chi connectivity index (χ4n) is 5.84. The molecule has 1 aromatic heterocycles. The number of piperidine rings is 1. The first-order valence-electron chi connectivity index (χ1n) is 12.6. The number of anilines is 1. The molecule has 1 aromatic carbocycles. The molecule has 1 saturated carbocycles. The van der Waals surface area contributed by atoms with E-state index in [1.807, 2.05) is 5.49 Å². The quantitative estimate of drug-likeness (QED) is 0.526. The molecule has 3 heterocycles. The summed E-state index contributed by atoms with van der Waals surface area (Å²) < 4.78 is 6.06. The highest BCUT2D eigenvalue weighted by Crippen LogP contribution is 2.32. The molecule has 0 radical (unpaired) electrons. The number of fused-ring (bicyclic) bond motifs is 1. The molecule has 2 saturated heterocycles. The second-order valence-corrected chi connectivity index (χ2v) is 10.8. The van der Waals surface area contributed by atoms with Gasteiger partial charge < -0.3 is 4.90 Å². The fourth-order valence-corrected chi connectivity index (χ4v) is 6.94. The van der Waals surface area contributed by atoms with E-state index in [0.29, 0.717) is 6.04 Å². The van der Waals surface area contributed by atoms with Crippen LogP contribution in [0.15, 0.2) is 24.3 Å². The van der Waals surface area contributed by atoms with Crippen molar-refractivity contribution in [2.24, 2.45) is 5.92 Å². The van der Waals surface area contributed by atoms with Crippen molar-refractivity contribution in [2.45, 2.75) is 57.4 Å². The van der Waals surface area contributed by atoms with Gasteiger partial charge in [-0.1, -0.05) is 30.8 Å². The Hall–Kier alpha value is -1.28. The maximum absolute atomic E-state index is 5.41. The van der Waals surface area contributed by atoms with Gasteiger partial charge in [0, 0.05) is 50.7 Å². The molecule has 0 unspecified atom stereocenters. The Bertz CT molecular complexity index is 864. The third kappa shape index (κ3) is 5.11. The third-order valence-electron chi connectivity index (χ3n) is 7.84. The zero-order chi connectivity index (χ0) is 21.8. The highest BCUT2D eigenvalue weighted by Gasteiger charge is 2.29. The molecule has 2 aliphatic heterocycles. The molecule has 7 heteroatoms. The van der Waals surface area contributed by atoms with Crippen molar-refractivity contribution in [3.8, 4) is 0 Å². The zero-order valence-electron chi connectivity index (χ0n) is 19.2. The average molecular weight is 472 g/mol. The second kappa shape index (κ2) is 10.8. The normalized spacial score (nSPS) is 25.8. The van der Waals surface area contributed by atoms with Gasteiger partial charge in [-0.2, -0.15) is 4.37 Å². The topological polar surface area (TPSA) is 25.9 Å². The summed E-state index contributed by atoms with van der Waals surface area (Å²) >= 11 is 7.04. The Kier molecular flexibility index (Phi) is 7.57. The summed E-state index contributed by atoms with van der Waals surface area (Å²) in [5.41, 5.74) is 1.93. The van der Waals surface area contributed by atoms with Crippen molar-refractivity contribution in [1.82, 2.24) is 19.3 Å². The highest BCUT2D eigenvalue weighted by atomic mass is 32.1. The smallest absolute Gasteiger partial charge is 0.150 e. The summed E-state index contributed by atoms with van der Waals surface area (Å²) in [4.78, 5) is 5.16. The zero-order valence-corrected chi connectivity index (χ0v) is 20.8. The fraction of sp³-hybridized carbons (Fsp3) is 0.680. The number of hydrazine groups is 1. The van der Waals surface area contributed by atoms with Crippen LogP contribution >= 0.6 is 23.8 Å². The number of benzene rings is 1. The van der Waals surface area contributed by atoms with Gasteiger partial charge in [0.05, 0.1) is 10.2 Å². The second-order valence-electron chi connectivity index (χ2n) is 9.79. The predicted octanol–water partition coefficient (Wildman–Crippen LogP) is 5.03. The van der Waals surface area contributed by atoms with Gasteiger partial charge in [0.1, 0.15) is 5.82 Å². The summed E-state index contributed by atoms with van der Waals surface area (Å²) in [5, 5.41) is 6.26. The standard InChI is InChI=1S/C25H37N5S2/c31-20-30(29-13-4-1-5-14-29)22-10-8-21(9-11-22)12-15-27-16-18-28(19-17-27)25-23-6-2-3-7-24(23)32-26-25/h2-3,6-7,20-22H,1,4-5,8-19H2. The van der Waals surface area contributed by atoms with E-state index in [4.69, 9.17) is 16.6 Å². The number of hydrogen-bond donors (Lipinski definition) is 0. The van der Waals surface area contributed by atoms with Crippen LogP contribution in [0.25, 0.3) is 10.1 Å². The molecule has 3 aliphatic rings. The lowest BCUT2D eigenvalue weighted by Gasteiger charge is -2.43. The van der Waals surface area contributed by atoms with Crippen molar-refractivity contribution < 1.29 is 0 Å². The van der Waals surface area contributed by atoms with Crippen LogP contribution in [0.1, 0.15) is 51.4 Å². The average Bonchev–Trinajstić information content (AvgIpc) is 3.29. The Morgan fingerprint density at radius 1 is 0.969 bits per heavy atom. The SMILES string of the molecule is S=CN(C1CCC(CCN2CCN(c3nsc4ccccc34)CC2)CC1)N1CCCCC1. The van der Waals surface area contributed by atoms with Gasteiger partial charge >= 0.3 is 0 Å². The Morgan fingerprint density at radius 3 is 2.47 bits per heavy atom. The minimum Gasteiger partial charge on any atom is -0.353 e. The Morgan fingerprint density at radius 2 is 1.72 bits per heavy atom. The molecular weight excluding hydrogens is 434 g/mol.